The van der Waals surface area contributed by atoms with Crippen LogP contribution < -0.4 is 4.72 Å². The summed E-state index contributed by atoms with van der Waals surface area (Å²) in [5.74, 6) is -1.53. The Balaban J connectivity index is 2.40. The zero-order chi connectivity index (χ0) is 21.3. The number of methoxy groups -OCH3 is 1. The summed E-state index contributed by atoms with van der Waals surface area (Å²) in [7, 11) is -3.38. The topological polar surface area (TPSA) is 153 Å². The van der Waals surface area contributed by atoms with E-state index in [9.17, 15) is 32.9 Å². The molecule has 0 unspecified atom stereocenters. The molecule has 1 aromatic rings. The molecule has 12 heteroatoms. The minimum atomic E-state index is -4.52. The highest BCUT2D eigenvalue weighted by Gasteiger charge is 2.60. The van der Waals surface area contributed by atoms with Crippen LogP contribution in [0.5, 0.6) is 0 Å². The number of sulfonamides is 1. The van der Waals surface area contributed by atoms with Crippen molar-refractivity contribution in [2.45, 2.75) is 36.2 Å². The molecule has 152 valence electrons. The monoisotopic (exact) mass is 413 g/mol. The molecule has 1 heterocycles. The summed E-state index contributed by atoms with van der Waals surface area (Å²) in [4.78, 5) is 46.5. The van der Waals surface area contributed by atoms with Gasteiger partial charge in [0.05, 0.1) is 18.6 Å². The molecule has 1 aliphatic rings. The predicted molar refractivity (Wildman–Crippen MR) is 94.6 cm³/mol. The molecule has 1 N–H and O–H groups in total. The van der Waals surface area contributed by atoms with Gasteiger partial charge >= 0.3 is 5.97 Å². The number of aldehydes is 1. The van der Waals surface area contributed by atoms with Crippen molar-refractivity contribution in [1.29, 1.82) is 0 Å². The molecule has 1 fully saturated rings. The number of nitrogens with one attached hydrogen (secondary N) is 1. The largest absolute Gasteiger partial charge is 0.467 e. The van der Waals surface area contributed by atoms with Gasteiger partial charge < -0.3 is 14.4 Å². The number of benzene rings is 1. The number of nitro benzene ring substituents is 1. The van der Waals surface area contributed by atoms with Gasteiger partial charge in [0.2, 0.25) is 15.9 Å². The number of carbonyl (C=O) groups is 3. The van der Waals surface area contributed by atoms with Crippen LogP contribution >= 0.6 is 0 Å². The van der Waals surface area contributed by atoms with Crippen LogP contribution in [0.25, 0.3) is 0 Å². The number of carbonyl (C=O) groups excluding carboxylic acids is 3. The van der Waals surface area contributed by atoms with E-state index in [0.29, 0.717) is 6.29 Å². The van der Waals surface area contributed by atoms with Gasteiger partial charge in [0.25, 0.3) is 5.69 Å². The Bertz CT molecular complexity index is 943. The van der Waals surface area contributed by atoms with E-state index in [1.807, 2.05) is 0 Å². The minimum Gasteiger partial charge on any atom is -0.467 e. The Kier molecular flexibility index (Phi) is 5.57. The van der Waals surface area contributed by atoms with Gasteiger partial charge in [-0.2, -0.15) is 4.72 Å². The maximum absolute atomic E-state index is 12.8. The van der Waals surface area contributed by atoms with Crippen LogP contribution in [0.1, 0.15) is 20.3 Å². The predicted octanol–water partition coefficient (Wildman–Crippen LogP) is -0.00530. The number of nitro groups is 1. The number of nitrogens with zero attached hydrogens (tertiary/aromatic N) is 2. The maximum Gasteiger partial charge on any atom is 0.331 e. The molecular formula is C16H19N3O8S. The number of β-lactam (4-membered cyclic amide) rings is 1. The first-order valence-electron chi connectivity index (χ1n) is 8.04. The lowest BCUT2D eigenvalue weighted by atomic mass is 9.82. The molecule has 11 nitrogen and oxygen atoms in total. The highest BCUT2D eigenvalue weighted by Crippen LogP contribution is 2.35. The van der Waals surface area contributed by atoms with Crippen molar-refractivity contribution in [2.24, 2.45) is 0 Å². The number of hydrogen-bond acceptors (Lipinski definition) is 8. The lowest BCUT2D eigenvalue weighted by Gasteiger charge is -2.53. The lowest BCUT2D eigenvalue weighted by molar-refractivity contribution is -0.387. The molecule has 1 saturated heterocycles. The van der Waals surface area contributed by atoms with Crippen LogP contribution in [0, 0.1) is 10.1 Å². The summed E-state index contributed by atoms with van der Waals surface area (Å²) < 4.78 is 32.2. The molecule has 0 saturated carbocycles. The smallest absolute Gasteiger partial charge is 0.331 e. The Morgan fingerprint density at radius 2 is 2.04 bits per heavy atom. The van der Waals surface area contributed by atoms with Crippen molar-refractivity contribution in [1.82, 2.24) is 9.62 Å². The third-order valence-corrected chi connectivity index (χ3v) is 6.14. The number of esters is 1. The highest BCUT2D eigenvalue weighted by atomic mass is 32.2. The van der Waals surface area contributed by atoms with Crippen molar-refractivity contribution in [2.75, 3.05) is 13.7 Å². The first-order valence-corrected chi connectivity index (χ1v) is 9.53. The number of rotatable bonds is 8. The second kappa shape index (κ2) is 7.28. The summed E-state index contributed by atoms with van der Waals surface area (Å²) in [6.07, 6.45) is -0.137. The molecule has 1 amide bonds. The lowest BCUT2D eigenvalue weighted by Crippen LogP contribution is -2.79. The standard InChI is InChI=1S/C16H19N3O8S/c1-15(2,14(22)27-3)18-10-16(8-9-20,13(18)21)17-28(25,26)12-7-5-4-6-11(12)19(23)24/h4-7,9,17H,8,10H2,1-3H3/t16-/m0/s1. The van der Waals surface area contributed by atoms with E-state index in [2.05, 4.69) is 9.46 Å². The van der Waals surface area contributed by atoms with Gasteiger partial charge in [0.15, 0.2) is 4.90 Å². The van der Waals surface area contributed by atoms with Gasteiger partial charge in [-0.3, -0.25) is 14.9 Å². The normalized spacial score (nSPS) is 19.7. The summed E-state index contributed by atoms with van der Waals surface area (Å²) >= 11 is 0. The van der Waals surface area contributed by atoms with E-state index in [-0.39, 0.29) is 6.54 Å². The van der Waals surface area contributed by atoms with Gasteiger partial charge in [-0.05, 0) is 19.9 Å². The molecule has 0 aliphatic carbocycles. The van der Waals surface area contributed by atoms with Gasteiger partial charge in [-0.15, -0.1) is 0 Å². The SMILES string of the molecule is COC(=O)C(C)(C)N1C[C@](CC=O)(NS(=O)(=O)c2ccccc2[N+](=O)[O-])C1=O. The zero-order valence-electron chi connectivity index (χ0n) is 15.4. The molecule has 0 bridgehead atoms. The van der Waals surface area contributed by atoms with Crippen LogP contribution in [0.3, 0.4) is 0 Å². The van der Waals surface area contributed by atoms with Crippen molar-refractivity contribution < 1.29 is 32.5 Å². The molecule has 1 aromatic carbocycles. The minimum absolute atomic E-state index is 0.285. The second-order valence-electron chi connectivity index (χ2n) is 6.73. The van der Waals surface area contributed by atoms with E-state index in [1.165, 1.54) is 26.0 Å². The van der Waals surface area contributed by atoms with Crippen molar-refractivity contribution >= 4 is 33.9 Å². The third kappa shape index (κ3) is 3.47. The van der Waals surface area contributed by atoms with Gasteiger partial charge in [-0.1, -0.05) is 12.1 Å². The zero-order valence-corrected chi connectivity index (χ0v) is 16.2. The van der Waals surface area contributed by atoms with Crippen LogP contribution in [0.2, 0.25) is 0 Å². The van der Waals surface area contributed by atoms with Crippen LogP contribution in [0.15, 0.2) is 29.2 Å². The Morgan fingerprint density at radius 1 is 1.43 bits per heavy atom. The van der Waals surface area contributed by atoms with Crippen molar-refractivity contribution in [3.63, 3.8) is 0 Å². The number of para-hydroxylation sites is 1. The first kappa shape index (κ1) is 21.4. The molecular weight excluding hydrogens is 394 g/mol. The molecule has 0 spiro atoms. The van der Waals surface area contributed by atoms with Crippen molar-refractivity contribution in [3.05, 3.63) is 34.4 Å². The first-order chi connectivity index (χ1) is 12.9. The van der Waals surface area contributed by atoms with E-state index in [1.54, 1.807) is 0 Å². The summed E-state index contributed by atoms with van der Waals surface area (Å²) in [6.45, 7) is 2.54. The van der Waals surface area contributed by atoms with Gasteiger partial charge in [-0.25, -0.2) is 13.2 Å². The Hall–Kier alpha value is -2.86. The second-order valence-corrected chi connectivity index (χ2v) is 8.38. The van der Waals surface area contributed by atoms with Crippen LogP contribution in [-0.4, -0.2) is 61.1 Å². The van der Waals surface area contributed by atoms with Crippen LogP contribution in [-0.2, 0) is 29.1 Å². The summed E-state index contributed by atoms with van der Waals surface area (Å²) in [6, 6.07) is 4.63. The van der Waals surface area contributed by atoms with Crippen molar-refractivity contribution in [3.8, 4) is 0 Å². The number of ether oxygens (including phenoxy) is 1. The Morgan fingerprint density at radius 3 is 2.54 bits per heavy atom. The van der Waals surface area contributed by atoms with Gasteiger partial charge in [0.1, 0.15) is 17.4 Å². The highest BCUT2D eigenvalue weighted by molar-refractivity contribution is 7.89. The summed E-state index contributed by atoms with van der Waals surface area (Å²) in [5.41, 5.74) is -3.90. The van der Waals surface area contributed by atoms with Gasteiger partial charge in [0, 0.05) is 12.5 Å². The number of hydrogen-bond donors (Lipinski definition) is 1. The average Bonchev–Trinajstić information content (AvgIpc) is 2.64. The quantitative estimate of drug-likeness (QED) is 0.205. The molecule has 1 atom stereocenters. The van der Waals surface area contributed by atoms with Crippen LogP contribution in [0.4, 0.5) is 5.69 Å². The fraction of sp³-hybridized carbons (Fsp3) is 0.438. The number of amides is 1. The fourth-order valence-electron chi connectivity index (χ4n) is 2.95. The molecule has 28 heavy (non-hydrogen) atoms. The van der Waals surface area contributed by atoms with E-state index >= 15 is 0 Å². The van der Waals surface area contributed by atoms with E-state index in [0.717, 1.165) is 24.1 Å². The van der Waals surface area contributed by atoms with E-state index < -0.39 is 54.9 Å². The van der Waals surface area contributed by atoms with E-state index in [4.69, 9.17) is 0 Å². The average molecular weight is 413 g/mol. The Labute approximate surface area is 160 Å². The molecule has 1 aliphatic heterocycles. The number of likely N-dealkylation sites (tertiary alicyclic amines) is 1. The maximum atomic E-state index is 12.8. The molecule has 2 rings (SSSR count). The summed E-state index contributed by atoms with van der Waals surface area (Å²) in [5, 5.41) is 11.1. The molecule has 0 radical (unpaired) electrons. The fourth-order valence-corrected chi connectivity index (χ4v) is 4.48. The molecule has 0 aromatic heterocycles. The third-order valence-electron chi connectivity index (χ3n) is 4.56.